The number of unbranched alkanes of at least 4 members (excludes halogenated alkanes) is 5. The van der Waals surface area contributed by atoms with Crippen molar-refractivity contribution in [2.45, 2.75) is 65.2 Å². The molecular formula is C14H30ClN. The monoisotopic (exact) mass is 247 g/mol. The summed E-state index contributed by atoms with van der Waals surface area (Å²) in [6.45, 7) is 6.85. The molecule has 1 unspecified atom stereocenters. The lowest BCUT2D eigenvalue weighted by Crippen LogP contribution is -2.17. The molecule has 16 heavy (non-hydrogen) atoms. The van der Waals surface area contributed by atoms with Crippen LogP contribution in [0.4, 0.5) is 0 Å². The van der Waals surface area contributed by atoms with E-state index in [4.69, 9.17) is 11.6 Å². The maximum Gasteiger partial charge on any atom is 0.0249 e. The quantitative estimate of drug-likeness (QED) is 0.393. The van der Waals surface area contributed by atoms with Gasteiger partial charge in [0.1, 0.15) is 0 Å². The number of hydrogen-bond donors (Lipinski definition) is 1. The van der Waals surface area contributed by atoms with Gasteiger partial charge >= 0.3 is 0 Å². The van der Waals surface area contributed by atoms with Gasteiger partial charge in [0, 0.05) is 5.88 Å². The number of halogens is 1. The van der Waals surface area contributed by atoms with E-state index in [0.29, 0.717) is 5.92 Å². The van der Waals surface area contributed by atoms with Crippen molar-refractivity contribution in [2.75, 3.05) is 19.0 Å². The molecule has 0 heterocycles. The van der Waals surface area contributed by atoms with Gasteiger partial charge in [0.2, 0.25) is 0 Å². The van der Waals surface area contributed by atoms with Gasteiger partial charge in [-0.1, -0.05) is 46.0 Å². The summed E-state index contributed by atoms with van der Waals surface area (Å²) in [5.74, 6) is 1.48. The van der Waals surface area contributed by atoms with E-state index in [1.165, 1.54) is 57.9 Å². The Kier molecular flexibility index (Phi) is 13.5. The largest absolute Gasteiger partial charge is 0.317 e. The zero-order valence-electron chi connectivity index (χ0n) is 11.2. The number of nitrogens with one attached hydrogen (secondary N) is 1. The van der Waals surface area contributed by atoms with Crippen LogP contribution >= 0.6 is 11.6 Å². The van der Waals surface area contributed by atoms with Gasteiger partial charge in [-0.25, -0.2) is 0 Å². The SMILES string of the molecule is CCCCCCCCNCCCC(C)CCl. The molecule has 0 aromatic rings. The standard InChI is InChI=1S/C14H30ClN/c1-3-4-5-6-7-8-11-16-12-9-10-14(2)13-15/h14,16H,3-13H2,1-2H3. The Labute approximate surface area is 107 Å². The van der Waals surface area contributed by atoms with Crippen LogP contribution in [0.2, 0.25) is 0 Å². The molecule has 0 saturated heterocycles. The second-order valence-electron chi connectivity index (χ2n) is 4.92. The highest BCUT2D eigenvalue weighted by Gasteiger charge is 1.98. The first kappa shape index (κ1) is 16.2. The third kappa shape index (κ3) is 12.3. The van der Waals surface area contributed by atoms with E-state index in [2.05, 4.69) is 19.2 Å². The van der Waals surface area contributed by atoms with Crippen LogP contribution in [0.5, 0.6) is 0 Å². The molecule has 2 heteroatoms. The van der Waals surface area contributed by atoms with E-state index >= 15 is 0 Å². The molecule has 1 atom stereocenters. The highest BCUT2D eigenvalue weighted by atomic mass is 35.5. The van der Waals surface area contributed by atoms with Crippen LogP contribution in [0.1, 0.15) is 65.2 Å². The smallest absolute Gasteiger partial charge is 0.0249 e. The summed E-state index contributed by atoms with van der Waals surface area (Å²) in [6.07, 6.45) is 10.8. The van der Waals surface area contributed by atoms with E-state index in [9.17, 15) is 0 Å². The third-order valence-electron chi connectivity index (χ3n) is 3.02. The van der Waals surface area contributed by atoms with E-state index in [-0.39, 0.29) is 0 Å². The summed E-state index contributed by atoms with van der Waals surface area (Å²) in [7, 11) is 0. The molecule has 0 aliphatic heterocycles. The molecule has 0 rings (SSSR count). The summed E-state index contributed by atoms with van der Waals surface area (Å²) in [5.41, 5.74) is 0. The zero-order chi connectivity index (χ0) is 12.1. The fraction of sp³-hybridized carbons (Fsp3) is 1.00. The maximum atomic E-state index is 5.75. The lowest BCUT2D eigenvalue weighted by Gasteiger charge is -2.08. The minimum atomic E-state index is 0.678. The summed E-state index contributed by atoms with van der Waals surface area (Å²) >= 11 is 5.75. The molecule has 0 radical (unpaired) electrons. The first-order valence-electron chi connectivity index (χ1n) is 7.08. The average molecular weight is 248 g/mol. The Hall–Kier alpha value is 0.250. The van der Waals surface area contributed by atoms with E-state index in [0.717, 1.165) is 12.4 Å². The van der Waals surface area contributed by atoms with Crippen molar-refractivity contribution in [3.05, 3.63) is 0 Å². The normalized spacial score (nSPS) is 12.9. The summed E-state index contributed by atoms with van der Waals surface area (Å²) in [4.78, 5) is 0. The van der Waals surface area contributed by atoms with Gasteiger partial charge in [-0.3, -0.25) is 0 Å². The Morgan fingerprint density at radius 3 is 2.25 bits per heavy atom. The Morgan fingerprint density at radius 2 is 1.56 bits per heavy atom. The molecule has 0 aliphatic rings. The molecule has 98 valence electrons. The van der Waals surface area contributed by atoms with Gasteiger partial charge in [-0.05, 0) is 38.3 Å². The van der Waals surface area contributed by atoms with Crippen molar-refractivity contribution in [1.29, 1.82) is 0 Å². The summed E-state index contributed by atoms with van der Waals surface area (Å²) < 4.78 is 0. The molecule has 0 saturated carbocycles. The average Bonchev–Trinajstić information content (AvgIpc) is 2.31. The number of hydrogen-bond acceptors (Lipinski definition) is 1. The van der Waals surface area contributed by atoms with Crippen molar-refractivity contribution in [2.24, 2.45) is 5.92 Å². The third-order valence-corrected chi connectivity index (χ3v) is 3.55. The van der Waals surface area contributed by atoms with Gasteiger partial charge in [-0.2, -0.15) is 0 Å². The highest BCUT2D eigenvalue weighted by Crippen LogP contribution is 2.06. The fourth-order valence-electron chi connectivity index (χ4n) is 1.81. The molecule has 0 fully saturated rings. The molecule has 1 N–H and O–H groups in total. The minimum Gasteiger partial charge on any atom is -0.317 e. The van der Waals surface area contributed by atoms with Crippen LogP contribution in [-0.2, 0) is 0 Å². The minimum absolute atomic E-state index is 0.678. The topological polar surface area (TPSA) is 12.0 Å². The Morgan fingerprint density at radius 1 is 0.938 bits per heavy atom. The molecular weight excluding hydrogens is 218 g/mol. The van der Waals surface area contributed by atoms with Crippen LogP contribution in [0, 0.1) is 5.92 Å². The lowest BCUT2D eigenvalue weighted by atomic mass is 10.1. The molecule has 0 aromatic carbocycles. The Balaban J connectivity index is 2.93. The van der Waals surface area contributed by atoms with Crippen LogP contribution < -0.4 is 5.32 Å². The molecule has 0 aliphatic carbocycles. The van der Waals surface area contributed by atoms with Crippen LogP contribution in [0.15, 0.2) is 0 Å². The molecule has 0 bridgehead atoms. The first-order valence-corrected chi connectivity index (χ1v) is 7.61. The van der Waals surface area contributed by atoms with E-state index < -0.39 is 0 Å². The van der Waals surface area contributed by atoms with Crippen molar-refractivity contribution < 1.29 is 0 Å². The van der Waals surface area contributed by atoms with Gasteiger partial charge in [-0.15, -0.1) is 11.6 Å². The van der Waals surface area contributed by atoms with E-state index in [1.807, 2.05) is 0 Å². The zero-order valence-corrected chi connectivity index (χ0v) is 12.0. The molecule has 0 amide bonds. The van der Waals surface area contributed by atoms with Crippen molar-refractivity contribution in [1.82, 2.24) is 5.32 Å². The van der Waals surface area contributed by atoms with Gasteiger partial charge in [0.25, 0.3) is 0 Å². The predicted molar refractivity (Wildman–Crippen MR) is 75.4 cm³/mol. The van der Waals surface area contributed by atoms with Crippen LogP contribution in [0.25, 0.3) is 0 Å². The lowest BCUT2D eigenvalue weighted by molar-refractivity contribution is 0.517. The van der Waals surface area contributed by atoms with Crippen molar-refractivity contribution >= 4 is 11.6 Å². The number of alkyl halides is 1. The van der Waals surface area contributed by atoms with Gasteiger partial charge in [0.15, 0.2) is 0 Å². The second-order valence-corrected chi connectivity index (χ2v) is 5.23. The Bertz CT molecular complexity index is 128. The molecule has 0 spiro atoms. The fourth-order valence-corrected chi connectivity index (χ4v) is 1.96. The van der Waals surface area contributed by atoms with Gasteiger partial charge in [0.05, 0.1) is 0 Å². The van der Waals surface area contributed by atoms with Crippen molar-refractivity contribution in [3.8, 4) is 0 Å². The summed E-state index contributed by atoms with van der Waals surface area (Å²) in [6, 6.07) is 0. The summed E-state index contributed by atoms with van der Waals surface area (Å²) in [5, 5.41) is 3.51. The number of rotatable bonds is 12. The molecule has 0 aromatic heterocycles. The predicted octanol–water partition coefficient (Wildman–Crippen LogP) is 4.59. The van der Waals surface area contributed by atoms with Crippen LogP contribution in [-0.4, -0.2) is 19.0 Å². The maximum absolute atomic E-state index is 5.75. The highest BCUT2D eigenvalue weighted by molar-refractivity contribution is 6.18. The second kappa shape index (κ2) is 13.3. The molecule has 1 nitrogen and oxygen atoms in total. The van der Waals surface area contributed by atoms with Crippen LogP contribution in [0.3, 0.4) is 0 Å². The van der Waals surface area contributed by atoms with E-state index in [1.54, 1.807) is 0 Å². The van der Waals surface area contributed by atoms with Crippen molar-refractivity contribution in [3.63, 3.8) is 0 Å². The first-order chi connectivity index (χ1) is 7.81. The van der Waals surface area contributed by atoms with Gasteiger partial charge < -0.3 is 5.32 Å².